The minimum absolute atomic E-state index is 0.330. The Morgan fingerprint density at radius 2 is 1.94 bits per heavy atom. The number of hydrogen-bond donors (Lipinski definition) is 1. The SMILES string of the molecule is CC/C=C\CCC(O)C(CCCCC)[N+](=O)[O-]. The Hall–Kier alpha value is -0.900. The molecule has 1 N–H and O–H groups in total. The summed E-state index contributed by atoms with van der Waals surface area (Å²) in [4.78, 5) is 10.5. The first-order chi connectivity index (χ1) is 8.13. The number of aliphatic hydroxyl groups excluding tert-OH is 1. The lowest BCUT2D eigenvalue weighted by molar-refractivity contribution is -0.535. The second-order valence-electron chi connectivity index (χ2n) is 4.37. The monoisotopic (exact) mass is 243 g/mol. The number of allylic oxidation sites excluding steroid dienone is 2. The molecular weight excluding hydrogens is 218 g/mol. The zero-order valence-electron chi connectivity index (χ0n) is 11.0. The van der Waals surface area contributed by atoms with E-state index in [9.17, 15) is 15.2 Å². The van der Waals surface area contributed by atoms with Crippen molar-refractivity contribution in [2.24, 2.45) is 0 Å². The highest BCUT2D eigenvalue weighted by atomic mass is 16.6. The molecule has 100 valence electrons. The van der Waals surface area contributed by atoms with Crippen LogP contribution in [0.25, 0.3) is 0 Å². The maximum atomic E-state index is 10.9. The largest absolute Gasteiger partial charge is 0.386 e. The van der Waals surface area contributed by atoms with Crippen LogP contribution in [0.2, 0.25) is 0 Å². The summed E-state index contributed by atoms with van der Waals surface area (Å²) >= 11 is 0. The zero-order chi connectivity index (χ0) is 13.1. The van der Waals surface area contributed by atoms with Crippen molar-refractivity contribution in [3.05, 3.63) is 22.3 Å². The lowest BCUT2D eigenvalue weighted by atomic mass is 10.0. The molecule has 0 fully saturated rings. The molecule has 0 amide bonds. The second kappa shape index (κ2) is 10.3. The van der Waals surface area contributed by atoms with Crippen LogP contribution in [-0.2, 0) is 0 Å². The van der Waals surface area contributed by atoms with Gasteiger partial charge in [-0.2, -0.15) is 0 Å². The normalized spacial score (nSPS) is 15.0. The standard InChI is InChI=1S/C13H25NO3/c1-3-5-7-9-11-13(15)12(14(16)17)10-8-6-4-2/h5,7,12-13,15H,3-4,6,8-11H2,1-2H3/b7-5-. The second-order valence-corrected chi connectivity index (χ2v) is 4.37. The highest BCUT2D eigenvalue weighted by Crippen LogP contribution is 2.14. The van der Waals surface area contributed by atoms with Crippen LogP contribution in [0.4, 0.5) is 0 Å². The van der Waals surface area contributed by atoms with Gasteiger partial charge in [0, 0.05) is 11.3 Å². The van der Waals surface area contributed by atoms with Gasteiger partial charge in [0.2, 0.25) is 6.04 Å². The third-order valence-corrected chi connectivity index (χ3v) is 2.85. The number of rotatable bonds is 10. The van der Waals surface area contributed by atoms with Gasteiger partial charge in [0.15, 0.2) is 0 Å². The number of nitrogens with zero attached hydrogens (tertiary/aromatic N) is 1. The van der Waals surface area contributed by atoms with Crippen LogP contribution in [0.1, 0.15) is 58.8 Å². The fourth-order valence-electron chi connectivity index (χ4n) is 1.79. The summed E-state index contributed by atoms with van der Waals surface area (Å²) in [5.41, 5.74) is 0. The molecule has 2 unspecified atom stereocenters. The van der Waals surface area contributed by atoms with E-state index in [1.807, 2.05) is 19.1 Å². The van der Waals surface area contributed by atoms with Gasteiger partial charge in [-0.1, -0.05) is 38.8 Å². The van der Waals surface area contributed by atoms with Crippen LogP contribution in [0.3, 0.4) is 0 Å². The van der Waals surface area contributed by atoms with Gasteiger partial charge in [-0.15, -0.1) is 0 Å². The van der Waals surface area contributed by atoms with E-state index in [4.69, 9.17) is 0 Å². The molecule has 0 spiro atoms. The van der Waals surface area contributed by atoms with Gasteiger partial charge in [0.05, 0.1) is 0 Å². The van der Waals surface area contributed by atoms with Crippen molar-refractivity contribution in [2.75, 3.05) is 0 Å². The van der Waals surface area contributed by atoms with Gasteiger partial charge >= 0.3 is 0 Å². The minimum atomic E-state index is -0.816. The van der Waals surface area contributed by atoms with E-state index < -0.39 is 12.1 Å². The molecule has 0 aliphatic carbocycles. The molecule has 0 saturated carbocycles. The minimum Gasteiger partial charge on any atom is -0.386 e. The van der Waals surface area contributed by atoms with E-state index in [1.54, 1.807) is 0 Å². The maximum absolute atomic E-state index is 10.9. The van der Waals surface area contributed by atoms with Crippen LogP contribution in [0, 0.1) is 10.1 Å². The van der Waals surface area contributed by atoms with Crippen molar-refractivity contribution in [3.8, 4) is 0 Å². The molecule has 0 bridgehead atoms. The van der Waals surface area contributed by atoms with Gasteiger partial charge < -0.3 is 5.11 Å². The molecule has 0 radical (unpaired) electrons. The molecule has 0 heterocycles. The fourth-order valence-corrected chi connectivity index (χ4v) is 1.79. The summed E-state index contributed by atoms with van der Waals surface area (Å²) in [5.74, 6) is 0. The Bertz CT molecular complexity index is 229. The average molecular weight is 243 g/mol. The van der Waals surface area contributed by atoms with Crippen molar-refractivity contribution in [3.63, 3.8) is 0 Å². The number of unbranched alkanes of at least 4 members (excludes halogenated alkanes) is 2. The van der Waals surface area contributed by atoms with E-state index in [1.165, 1.54) is 0 Å². The van der Waals surface area contributed by atoms with Crippen LogP contribution in [0.15, 0.2) is 12.2 Å². The first-order valence-corrected chi connectivity index (χ1v) is 6.60. The predicted molar refractivity (Wildman–Crippen MR) is 69.6 cm³/mol. The molecule has 0 saturated heterocycles. The molecule has 2 atom stereocenters. The lowest BCUT2D eigenvalue weighted by Crippen LogP contribution is -2.33. The summed E-state index contributed by atoms with van der Waals surface area (Å²) < 4.78 is 0. The number of aliphatic hydroxyl groups is 1. The maximum Gasteiger partial charge on any atom is 0.238 e. The van der Waals surface area contributed by atoms with Crippen molar-refractivity contribution in [1.29, 1.82) is 0 Å². The molecule has 0 aliphatic rings. The van der Waals surface area contributed by atoms with Crippen LogP contribution < -0.4 is 0 Å². The van der Waals surface area contributed by atoms with Crippen molar-refractivity contribution >= 4 is 0 Å². The molecule has 0 aromatic rings. The lowest BCUT2D eigenvalue weighted by Gasteiger charge is -2.15. The van der Waals surface area contributed by atoms with Crippen LogP contribution >= 0.6 is 0 Å². The van der Waals surface area contributed by atoms with E-state index >= 15 is 0 Å². The Labute approximate surface area is 104 Å². The molecule has 0 aliphatic heterocycles. The van der Waals surface area contributed by atoms with E-state index in [0.29, 0.717) is 19.3 Å². The highest BCUT2D eigenvalue weighted by Gasteiger charge is 2.28. The summed E-state index contributed by atoms with van der Waals surface area (Å²) in [6, 6.07) is -0.795. The van der Waals surface area contributed by atoms with Gasteiger partial charge in [-0.05, 0) is 25.7 Å². The van der Waals surface area contributed by atoms with Gasteiger partial charge in [-0.25, -0.2) is 0 Å². The molecule has 4 nitrogen and oxygen atoms in total. The van der Waals surface area contributed by atoms with E-state index in [-0.39, 0.29) is 4.92 Å². The molecule has 0 rings (SSSR count). The molecule has 0 aromatic carbocycles. The smallest absolute Gasteiger partial charge is 0.238 e. The summed E-state index contributed by atoms with van der Waals surface area (Å²) in [6.07, 6.45) is 8.68. The number of hydrogen-bond acceptors (Lipinski definition) is 3. The molecule has 17 heavy (non-hydrogen) atoms. The first kappa shape index (κ1) is 16.1. The summed E-state index contributed by atoms with van der Waals surface area (Å²) in [5, 5.41) is 20.7. The van der Waals surface area contributed by atoms with Crippen molar-refractivity contribution in [1.82, 2.24) is 0 Å². The predicted octanol–water partition coefficient (Wildman–Crippen LogP) is 3.32. The van der Waals surface area contributed by atoms with Crippen molar-refractivity contribution in [2.45, 2.75) is 70.9 Å². The summed E-state index contributed by atoms with van der Waals surface area (Å²) in [6.45, 7) is 4.10. The van der Waals surface area contributed by atoms with Gasteiger partial charge in [-0.3, -0.25) is 10.1 Å². The van der Waals surface area contributed by atoms with Crippen LogP contribution in [0.5, 0.6) is 0 Å². The number of nitro groups is 1. The fraction of sp³-hybridized carbons (Fsp3) is 0.846. The van der Waals surface area contributed by atoms with E-state index in [2.05, 4.69) is 6.92 Å². The van der Waals surface area contributed by atoms with Gasteiger partial charge in [0.1, 0.15) is 6.10 Å². The highest BCUT2D eigenvalue weighted by molar-refractivity contribution is 4.82. The average Bonchev–Trinajstić information content (AvgIpc) is 2.29. The molecule has 0 aromatic heterocycles. The Morgan fingerprint density at radius 1 is 1.24 bits per heavy atom. The zero-order valence-corrected chi connectivity index (χ0v) is 11.0. The summed E-state index contributed by atoms with van der Waals surface area (Å²) in [7, 11) is 0. The topological polar surface area (TPSA) is 63.4 Å². The first-order valence-electron chi connectivity index (χ1n) is 6.60. The quantitative estimate of drug-likeness (QED) is 0.277. The third kappa shape index (κ3) is 7.91. The molecule has 4 heteroatoms. The Balaban J connectivity index is 4.01. The van der Waals surface area contributed by atoms with Crippen molar-refractivity contribution < 1.29 is 10.0 Å². The Morgan fingerprint density at radius 3 is 2.47 bits per heavy atom. The van der Waals surface area contributed by atoms with Crippen LogP contribution in [-0.4, -0.2) is 22.2 Å². The van der Waals surface area contributed by atoms with E-state index in [0.717, 1.165) is 25.7 Å². The third-order valence-electron chi connectivity index (χ3n) is 2.85. The molecular formula is C13H25NO3. The van der Waals surface area contributed by atoms with Gasteiger partial charge in [0.25, 0.3) is 0 Å². The Kier molecular flexibility index (Phi) is 9.72.